The first kappa shape index (κ1) is 16.2. The number of aromatic nitrogens is 1. The van der Waals surface area contributed by atoms with Crippen molar-refractivity contribution in [3.63, 3.8) is 0 Å². The lowest BCUT2D eigenvalue weighted by Crippen LogP contribution is -2.36. The van der Waals surface area contributed by atoms with E-state index in [-0.39, 0.29) is 11.8 Å². The number of hydrogen-bond acceptors (Lipinski definition) is 6. The molecule has 1 aliphatic carbocycles. The molecule has 0 unspecified atom stereocenters. The molecule has 2 fully saturated rings. The number of amides is 1. The topological polar surface area (TPSA) is 66.8 Å². The van der Waals surface area contributed by atoms with Crippen LogP contribution in [0.1, 0.15) is 17.7 Å². The van der Waals surface area contributed by atoms with E-state index in [0.717, 1.165) is 60.4 Å². The molecule has 7 heteroatoms. The van der Waals surface area contributed by atoms with E-state index in [1.165, 1.54) is 0 Å². The zero-order valence-corrected chi connectivity index (χ0v) is 14.7. The SMILES string of the molecule is O=C(N/N=C\c1sc(N2CCOCC2)nc1-c1ccccc1)C1CC1. The molecule has 1 saturated heterocycles. The van der Waals surface area contributed by atoms with Gasteiger partial charge in [-0.05, 0) is 12.8 Å². The molecule has 1 N–H and O–H groups in total. The summed E-state index contributed by atoms with van der Waals surface area (Å²) in [5.41, 5.74) is 4.59. The number of hydrazone groups is 1. The van der Waals surface area contributed by atoms with Crippen LogP contribution in [-0.4, -0.2) is 43.4 Å². The Hall–Kier alpha value is -2.25. The molecular formula is C18H20N4O2S. The Morgan fingerprint density at radius 2 is 2.04 bits per heavy atom. The molecular weight excluding hydrogens is 336 g/mol. The first-order chi connectivity index (χ1) is 12.3. The molecule has 0 spiro atoms. The van der Waals surface area contributed by atoms with E-state index >= 15 is 0 Å². The molecule has 0 radical (unpaired) electrons. The third-order valence-corrected chi connectivity index (χ3v) is 5.33. The van der Waals surface area contributed by atoms with Crippen LogP contribution in [0.5, 0.6) is 0 Å². The highest BCUT2D eigenvalue weighted by molar-refractivity contribution is 7.17. The fourth-order valence-corrected chi connectivity index (χ4v) is 3.70. The quantitative estimate of drug-likeness (QED) is 0.660. The van der Waals surface area contributed by atoms with Gasteiger partial charge in [-0.3, -0.25) is 4.79 Å². The summed E-state index contributed by atoms with van der Waals surface area (Å²) >= 11 is 1.60. The molecule has 1 aliphatic heterocycles. The molecule has 6 nitrogen and oxygen atoms in total. The smallest absolute Gasteiger partial charge is 0.243 e. The van der Waals surface area contributed by atoms with Crippen molar-refractivity contribution in [3.05, 3.63) is 35.2 Å². The van der Waals surface area contributed by atoms with Gasteiger partial charge in [0.05, 0.1) is 30.0 Å². The second kappa shape index (κ2) is 7.33. The van der Waals surface area contributed by atoms with Crippen molar-refractivity contribution in [3.8, 4) is 11.3 Å². The van der Waals surface area contributed by atoms with Gasteiger partial charge in [-0.25, -0.2) is 10.4 Å². The molecule has 1 saturated carbocycles. The van der Waals surface area contributed by atoms with Gasteiger partial charge in [0.2, 0.25) is 5.91 Å². The number of ether oxygens (including phenoxy) is 1. The summed E-state index contributed by atoms with van der Waals surface area (Å²) in [5.74, 6) is 0.159. The predicted molar refractivity (Wildman–Crippen MR) is 99.0 cm³/mol. The van der Waals surface area contributed by atoms with Crippen LogP contribution in [0.2, 0.25) is 0 Å². The summed E-state index contributed by atoms with van der Waals surface area (Å²) < 4.78 is 5.42. The maximum Gasteiger partial charge on any atom is 0.243 e. The fourth-order valence-electron chi connectivity index (χ4n) is 2.69. The largest absolute Gasteiger partial charge is 0.378 e. The number of benzene rings is 1. The highest BCUT2D eigenvalue weighted by Gasteiger charge is 2.29. The number of thiazole rings is 1. The minimum absolute atomic E-state index is 0.00966. The lowest BCUT2D eigenvalue weighted by molar-refractivity contribution is -0.122. The highest BCUT2D eigenvalue weighted by Crippen LogP contribution is 2.32. The maximum absolute atomic E-state index is 11.7. The van der Waals surface area contributed by atoms with Crippen molar-refractivity contribution in [1.29, 1.82) is 0 Å². The van der Waals surface area contributed by atoms with Gasteiger partial charge >= 0.3 is 0 Å². The number of anilines is 1. The van der Waals surface area contributed by atoms with Crippen LogP contribution in [0.3, 0.4) is 0 Å². The monoisotopic (exact) mass is 356 g/mol. The minimum atomic E-state index is 0.00966. The standard InChI is InChI=1S/C18H20N4O2S/c23-17(14-6-7-14)21-19-12-15-16(13-4-2-1-3-5-13)20-18(25-15)22-8-10-24-11-9-22/h1-5,12,14H,6-11H2,(H,21,23)/b19-12-. The van der Waals surface area contributed by atoms with Crippen LogP contribution in [-0.2, 0) is 9.53 Å². The van der Waals surface area contributed by atoms with Gasteiger partial charge in [0.25, 0.3) is 0 Å². The third kappa shape index (κ3) is 3.88. The predicted octanol–water partition coefficient (Wildman–Crippen LogP) is 2.51. The van der Waals surface area contributed by atoms with Gasteiger partial charge in [-0.1, -0.05) is 41.7 Å². The van der Waals surface area contributed by atoms with Crippen LogP contribution >= 0.6 is 11.3 Å². The number of carbonyl (C=O) groups is 1. The van der Waals surface area contributed by atoms with Crippen LogP contribution in [0.15, 0.2) is 35.4 Å². The van der Waals surface area contributed by atoms with Crippen LogP contribution in [0.4, 0.5) is 5.13 Å². The Kier molecular flexibility index (Phi) is 4.76. The normalized spacial score (nSPS) is 17.8. The van der Waals surface area contributed by atoms with Gasteiger partial charge in [-0.2, -0.15) is 5.10 Å². The Labute approximate surface area is 150 Å². The van der Waals surface area contributed by atoms with Crippen LogP contribution in [0, 0.1) is 5.92 Å². The zero-order chi connectivity index (χ0) is 17.1. The first-order valence-corrected chi connectivity index (χ1v) is 9.35. The number of rotatable bonds is 5. The second-order valence-corrected chi connectivity index (χ2v) is 7.19. The maximum atomic E-state index is 11.7. The van der Waals surface area contributed by atoms with E-state index in [1.54, 1.807) is 17.6 Å². The van der Waals surface area contributed by atoms with Gasteiger partial charge in [-0.15, -0.1) is 0 Å². The number of hydrogen-bond donors (Lipinski definition) is 1. The Morgan fingerprint density at radius 1 is 1.28 bits per heavy atom. The van der Waals surface area contributed by atoms with E-state index in [2.05, 4.69) is 15.4 Å². The number of morpholine rings is 1. The van der Waals surface area contributed by atoms with E-state index < -0.39 is 0 Å². The van der Waals surface area contributed by atoms with Gasteiger partial charge in [0, 0.05) is 24.6 Å². The van der Waals surface area contributed by atoms with Gasteiger partial charge in [0.15, 0.2) is 5.13 Å². The number of nitrogens with one attached hydrogen (secondary N) is 1. The van der Waals surface area contributed by atoms with E-state index in [4.69, 9.17) is 9.72 Å². The molecule has 2 heterocycles. The number of carbonyl (C=O) groups excluding carboxylic acids is 1. The fraction of sp³-hybridized carbons (Fsp3) is 0.389. The average Bonchev–Trinajstić information content (AvgIpc) is 3.43. The van der Waals surface area contributed by atoms with Crippen molar-refractivity contribution in [2.45, 2.75) is 12.8 Å². The van der Waals surface area contributed by atoms with Crippen molar-refractivity contribution >= 4 is 28.6 Å². The molecule has 2 aromatic rings. The first-order valence-electron chi connectivity index (χ1n) is 8.53. The molecule has 2 aliphatic rings. The summed E-state index contributed by atoms with van der Waals surface area (Å²) in [6.07, 6.45) is 3.65. The van der Waals surface area contributed by atoms with Crippen LogP contribution < -0.4 is 10.3 Å². The minimum Gasteiger partial charge on any atom is -0.378 e. The van der Waals surface area contributed by atoms with Crippen LogP contribution in [0.25, 0.3) is 11.3 Å². The Bertz CT molecular complexity index is 765. The Morgan fingerprint density at radius 3 is 2.76 bits per heavy atom. The second-order valence-electron chi connectivity index (χ2n) is 6.18. The summed E-state index contributed by atoms with van der Waals surface area (Å²) in [7, 11) is 0. The third-order valence-electron chi connectivity index (χ3n) is 4.28. The van der Waals surface area contributed by atoms with Crippen molar-refractivity contribution < 1.29 is 9.53 Å². The molecule has 0 atom stereocenters. The molecule has 0 bridgehead atoms. The average molecular weight is 356 g/mol. The van der Waals surface area contributed by atoms with Crippen molar-refractivity contribution in [1.82, 2.24) is 10.4 Å². The van der Waals surface area contributed by atoms with Gasteiger partial charge < -0.3 is 9.64 Å². The van der Waals surface area contributed by atoms with E-state index in [0.29, 0.717) is 0 Å². The lowest BCUT2D eigenvalue weighted by Gasteiger charge is -2.26. The Balaban J connectivity index is 1.59. The molecule has 4 rings (SSSR count). The van der Waals surface area contributed by atoms with E-state index in [1.807, 2.05) is 30.3 Å². The highest BCUT2D eigenvalue weighted by atomic mass is 32.1. The zero-order valence-electron chi connectivity index (χ0n) is 13.9. The summed E-state index contributed by atoms with van der Waals surface area (Å²) in [4.78, 5) is 19.8. The number of nitrogens with zero attached hydrogens (tertiary/aromatic N) is 3. The molecule has 130 valence electrons. The molecule has 25 heavy (non-hydrogen) atoms. The van der Waals surface area contributed by atoms with Gasteiger partial charge in [0.1, 0.15) is 0 Å². The van der Waals surface area contributed by atoms with Crippen molar-refractivity contribution in [2.24, 2.45) is 11.0 Å². The lowest BCUT2D eigenvalue weighted by atomic mass is 10.1. The van der Waals surface area contributed by atoms with Crippen molar-refractivity contribution in [2.75, 3.05) is 31.2 Å². The summed E-state index contributed by atoms with van der Waals surface area (Å²) in [6.45, 7) is 3.13. The summed E-state index contributed by atoms with van der Waals surface area (Å²) in [5, 5.41) is 5.12. The van der Waals surface area contributed by atoms with E-state index in [9.17, 15) is 4.79 Å². The summed E-state index contributed by atoms with van der Waals surface area (Å²) in [6, 6.07) is 10.1. The molecule has 1 aromatic carbocycles. The molecule has 1 aromatic heterocycles. The molecule has 1 amide bonds.